The number of hydrogen-bond donors (Lipinski definition) is 0. The third-order valence-corrected chi connectivity index (χ3v) is 2.09. The van der Waals surface area contributed by atoms with Crippen LogP contribution in [0.5, 0.6) is 0 Å². The van der Waals surface area contributed by atoms with Crippen molar-refractivity contribution in [3.05, 3.63) is 0 Å². The molecule has 0 fully saturated rings. The summed E-state index contributed by atoms with van der Waals surface area (Å²) in [5.74, 6) is 0. The molecular weight excluding hydrogens is 158 g/mol. The zero-order chi connectivity index (χ0) is 7.82. The van der Waals surface area contributed by atoms with Gasteiger partial charge in [-0.25, -0.2) is 0 Å². The smallest absolute Gasteiger partial charge is 1.00 e. The van der Waals surface area contributed by atoms with Crippen molar-refractivity contribution in [2.45, 2.75) is 59.0 Å². The van der Waals surface area contributed by atoms with Crippen molar-refractivity contribution in [1.82, 2.24) is 0 Å². The van der Waals surface area contributed by atoms with E-state index in [1.807, 2.05) is 0 Å². The average molecular weight is 180 g/mol. The van der Waals surface area contributed by atoms with Gasteiger partial charge in [0.15, 0.2) is 0 Å². The molecule has 2 heteroatoms. The Kier molecular flexibility index (Phi) is 16.2. The van der Waals surface area contributed by atoms with E-state index in [0.717, 1.165) is 6.71 Å². The van der Waals surface area contributed by atoms with E-state index in [1.54, 1.807) is 0 Å². The van der Waals surface area contributed by atoms with Crippen LogP contribution in [-0.2, 0) is 0 Å². The van der Waals surface area contributed by atoms with Crippen LogP contribution in [0.4, 0.5) is 0 Å². The Hall–Kier alpha value is 1.70. The van der Waals surface area contributed by atoms with E-state index in [1.165, 1.54) is 38.2 Å². The zero-order valence-corrected chi connectivity index (χ0v) is 11.9. The topological polar surface area (TPSA) is 0 Å². The molecule has 0 aliphatic carbocycles. The molecular formula is C9H22BK. The first-order chi connectivity index (χ1) is 4.85. The van der Waals surface area contributed by atoms with Crippen molar-refractivity contribution >= 4 is 6.71 Å². The fourth-order valence-corrected chi connectivity index (χ4v) is 1.66. The van der Waals surface area contributed by atoms with Gasteiger partial charge in [-0.3, -0.25) is 0 Å². The summed E-state index contributed by atoms with van der Waals surface area (Å²) in [6.07, 6.45) is 8.44. The second-order valence-corrected chi connectivity index (χ2v) is 3.23. The minimum Gasteiger partial charge on any atom is -1.00 e. The van der Waals surface area contributed by atoms with E-state index < -0.39 is 0 Å². The molecule has 0 saturated heterocycles. The molecule has 0 bridgehead atoms. The molecule has 0 amide bonds. The molecule has 0 aromatic carbocycles. The SMILES string of the molecule is CCCB(CCC)CCC.[H-].[K+]. The van der Waals surface area contributed by atoms with E-state index in [9.17, 15) is 0 Å². The maximum atomic E-state index is 2.29. The predicted molar refractivity (Wildman–Crippen MR) is 52.2 cm³/mol. The summed E-state index contributed by atoms with van der Waals surface area (Å²) < 4.78 is 0. The van der Waals surface area contributed by atoms with Crippen LogP contribution in [0, 0.1) is 0 Å². The summed E-state index contributed by atoms with van der Waals surface area (Å²) in [6, 6.07) is 0. The first-order valence-electron chi connectivity index (χ1n) is 4.85. The van der Waals surface area contributed by atoms with Crippen molar-refractivity contribution < 1.29 is 52.8 Å². The van der Waals surface area contributed by atoms with E-state index in [0.29, 0.717) is 0 Å². The first-order valence-corrected chi connectivity index (χ1v) is 4.85. The monoisotopic (exact) mass is 180 g/mol. The van der Waals surface area contributed by atoms with Crippen molar-refractivity contribution in [3.8, 4) is 0 Å². The van der Waals surface area contributed by atoms with Gasteiger partial charge in [-0.1, -0.05) is 59.0 Å². The van der Waals surface area contributed by atoms with Crippen LogP contribution in [0.2, 0.25) is 19.0 Å². The van der Waals surface area contributed by atoms with Crippen LogP contribution in [0.15, 0.2) is 0 Å². The van der Waals surface area contributed by atoms with Gasteiger partial charge >= 0.3 is 51.4 Å². The average Bonchev–Trinajstić information content (AvgIpc) is 1.90. The quantitative estimate of drug-likeness (QED) is 0.531. The Balaban J connectivity index is -0.000000405. The van der Waals surface area contributed by atoms with E-state index in [-0.39, 0.29) is 52.8 Å². The molecule has 0 radical (unpaired) electrons. The van der Waals surface area contributed by atoms with E-state index in [2.05, 4.69) is 20.8 Å². The van der Waals surface area contributed by atoms with Gasteiger partial charge in [0.2, 0.25) is 0 Å². The van der Waals surface area contributed by atoms with Gasteiger partial charge in [0, 0.05) is 0 Å². The van der Waals surface area contributed by atoms with Gasteiger partial charge in [-0.2, -0.15) is 0 Å². The largest absolute Gasteiger partial charge is 1.00 e. The Bertz CT molecular complexity index is 57.3. The molecule has 0 nitrogen and oxygen atoms in total. The van der Waals surface area contributed by atoms with Crippen LogP contribution >= 0.6 is 0 Å². The Labute approximate surface area is 117 Å². The van der Waals surface area contributed by atoms with Crippen LogP contribution < -0.4 is 51.4 Å². The molecule has 0 unspecified atom stereocenters. The van der Waals surface area contributed by atoms with Crippen LogP contribution in [-0.4, -0.2) is 6.71 Å². The third-order valence-electron chi connectivity index (χ3n) is 2.09. The fraction of sp³-hybridized carbons (Fsp3) is 1.00. The van der Waals surface area contributed by atoms with Crippen molar-refractivity contribution in [2.75, 3.05) is 0 Å². The summed E-state index contributed by atoms with van der Waals surface area (Å²) in [7, 11) is 0. The van der Waals surface area contributed by atoms with Crippen LogP contribution in [0.25, 0.3) is 0 Å². The predicted octanol–water partition coefficient (Wildman–Crippen LogP) is 0.828. The number of rotatable bonds is 6. The van der Waals surface area contributed by atoms with Gasteiger partial charge in [0.1, 0.15) is 6.71 Å². The summed E-state index contributed by atoms with van der Waals surface area (Å²) in [5, 5.41) is 0. The normalized spacial score (nSPS) is 9.00. The minimum atomic E-state index is 0. The Morgan fingerprint density at radius 2 is 1.09 bits per heavy atom. The second-order valence-electron chi connectivity index (χ2n) is 3.23. The minimum absolute atomic E-state index is 0. The summed E-state index contributed by atoms with van der Waals surface area (Å²) in [4.78, 5) is 0. The molecule has 0 heterocycles. The molecule has 62 valence electrons. The van der Waals surface area contributed by atoms with E-state index >= 15 is 0 Å². The standard InChI is InChI=1S/C9H21B.K.H/c1-4-7-10(8-5-2)9-6-3;;/h4-9H2,1-3H3;;/q;+1;-1. The summed E-state index contributed by atoms with van der Waals surface area (Å²) in [5.41, 5.74) is 0. The van der Waals surface area contributed by atoms with Crippen molar-refractivity contribution in [2.24, 2.45) is 0 Å². The molecule has 0 aliphatic heterocycles. The maximum absolute atomic E-state index is 2.29. The van der Waals surface area contributed by atoms with Gasteiger partial charge in [-0.15, -0.1) is 0 Å². The Morgan fingerprint density at radius 1 is 0.818 bits per heavy atom. The van der Waals surface area contributed by atoms with Gasteiger partial charge < -0.3 is 1.43 Å². The second kappa shape index (κ2) is 11.7. The van der Waals surface area contributed by atoms with Crippen LogP contribution in [0.1, 0.15) is 41.5 Å². The third kappa shape index (κ3) is 9.62. The fourth-order valence-electron chi connectivity index (χ4n) is 1.66. The summed E-state index contributed by atoms with van der Waals surface area (Å²) in [6.45, 7) is 7.90. The molecule has 0 aromatic rings. The molecule has 0 spiro atoms. The first kappa shape index (κ1) is 15.2. The zero-order valence-electron chi connectivity index (χ0n) is 9.82. The molecule has 0 rings (SSSR count). The molecule has 0 saturated carbocycles. The molecule has 0 atom stereocenters. The van der Waals surface area contributed by atoms with Crippen LogP contribution in [0.3, 0.4) is 0 Å². The van der Waals surface area contributed by atoms with Gasteiger partial charge in [0.25, 0.3) is 0 Å². The van der Waals surface area contributed by atoms with Gasteiger partial charge in [0.05, 0.1) is 0 Å². The molecule has 0 aromatic heterocycles. The molecule has 0 N–H and O–H groups in total. The number of hydrogen-bond acceptors (Lipinski definition) is 0. The Morgan fingerprint density at radius 3 is 1.27 bits per heavy atom. The van der Waals surface area contributed by atoms with E-state index in [4.69, 9.17) is 0 Å². The van der Waals surface area contributed by atoms with Crippen molar-refractivity contribution in [3.63, 3.8) is 0 Å². The molecule has 11 heavy (non-hydrogen) atoms. The molecule has 0 aliphatic rings. The summed E-state index contributed by atoms with van der Waals surface area (Å²) >= 11 is 0. The van der Waals surface area contributed by atoms with Crippen molar-refractivity contribution in [1.29, 1.82) is 0 Å². The van der Waals surface area contributed by atoms with Gasteiger partial charge in [-0.05, 0) is 0 Å². The maximum Gasteiger partial charge on any atom is 1.00 e.